The molecule has 0 radical (unpaired) electrons. The van der Waals surface area contributed by atoms with Crippen LogP contribution in [0.15, 0.2) is 42.9 Å². The second-order valence-electron chi connectivity index (χ2n) is 8.92. The van der Waals surface area contributed by atoms with Crippen LogP contribution in [0.4, 0.5) is 0 Å². The van der Waals surface area contributed by atoms with Crippen LogP contribution in [0.3, 0.4) is 0 Å². The van der Waals surface area contributed by atoms with Crippen molar-refractivity contribution in [1.82, 2.24) is 31.2 Å². The number of nitrogens with zero attached hydrogens (tertiary/aromatic N) is 1. The lowest BCUT2D eigenvalue weighted by atomic mass is 10.0. The molecular weight excluding hydrogens is 496 g/mol. The van der Waals surface area contributed by atoms with Gasteiger partial charge in [0.25, 0.3) is 0 Å². The summed E-state index contributed by atoms with van der Waals surface area (Å²) >= 11 is 1.48. The van der Waals surface area contributed by atoms with Crippen LogP contribution in [0.2, 0.25) is 0 Å². The van der Waals surface area contributed by atoms with Gasteiger partial charge in [0.05, 0.1) is 12.4 Å². The zero-order chi connectivity index (χ0) is 26.6. The third kappa shape index (κ3) is 8.90. The molecule has 200 valence electrons. The highest BCUT2D eigenvalue weighted by molar-refractivity contribution is 7.98. The molecule has 1 aromatic heterocycles. The SMILES string of the molecule is CSCCC(NC(=O)C(Cc1cnc[nH]1)NC(=O)C(Cc1ccccc1)NC(=O)C1CCCN1)C(=O)O. The molecule has 0 aliphatic carbocycles. The number of rotatable bonds is 14. The van der Waals surface area contributed by atoms with Crippen molar-refractivity contribution in [2.75, 3.05) is 18.6 Å². The van der Waals surface area contributed by atoms with Crippen molar-refractivity contribution in [3.8, 4) is 0 Å². The molecule has 2 heterocycles. The molecule has 3 amide bonds. The molecule has 1 saturated heterocycles. The van der Waals surface area contributed by atoms with Crippen LogP contribution in [0, 0.1) is 0 Å². The zero-order valence-electron chi connectivity index (χ0n) is 20.7. The molecule has 1 aliphatic heterocycles. The molecule has 0 bridgehead atoms. The molecule has 1 aromatic carbocycles. The number of hydrogen-bond donors (Lipinski definition) is 6. The third-order valence-electron chi connectivity index (χ3n) is 6.13. The van der Waals surface area contributed by atoms with Crippen molar-refractivity contribution >= 4 is 35.5 Å². The number of aromatic amines is 1. The molecular formula is C25H34N6O5S. The molecule has 4 unspecified atom stereocenters. The number of amides is 3. The van der Waals surface area contributed by atoms with Crippen molar-refractivity contribution < 1.29 is 24.3 Å². The summed E-state index contributed by atoms with van der Waals surface area (Å²) in [7, 11) is 0. The monoisotopic (exact) mass is 530 g/mol. The molecule has 0 spiro atoms. The number of hydrogen-bond acceptors (Lipinski definition) is 7. The predicted octanol–water partition coefficient (Wildman–Crippen LogP) is 0.239. The fourth-order valence-electron chi connectivity index (χ4n) is 4.10. The topological polar surface area (TPSA) is 165 Å². The van der Waals surface area contributed by atoms with Gasteiger partial charge in [-0.25, -0.2) is 9.78 Å². The average molecular weight is 531 g/mol. The van der Waals surface area contributed by atoms with Gasteiger partial charge in [0, 0.05) is 24.7 Å². The highest BCUT2D eigenvalue weighted by Gasteiger charge is 2.32. The third-order valence-corrected chi connectivity index (χ3v) is 6.77. The van der Waals surface area contributed by atoms with Crippen molar-refractivity contribution in [2.24, 2.45) is 0 Å². The summed E-state index contributed by atoms with van der Waals surface area (Å²) in [5.74, 6) is -2.03. The first-order valence-electron chi connectivity index (χ1n) is 12.2. The quantitative estimate of drug-likeness (QED) is 0.202. The van der Waals surface area contributed by atoms with Crippen molar-refractivity contribution in [2.45, 2.75) is 56.3 Å². The Labute approximate surface area is 220 Å². The smallest absolute Gasteiger partial charge is 0.326 e. The minimum absolute atomic E-state index is 0.0720. The fourth-order valence-corrected chi connectivity index (χ4v) is 4.57. The van der Waals surface area contributed by atoms with Crippen LogP contribution < -0.4 is 21.3 Å². The molecule has 1 aliphatic rings. The summed E-state index contributed by atoms with van der Waals surface area (Å²) in [5, 5.41) is 20.8. The molecule has 4 atom stereocenters. The minimum Gasteiger partial charge on any atom is -0.480 e. The Kier molecular flexibility index (Phi) is 11.0. The number of carboxylic acid groups (broad SMARTS) is 1. The van der Waals surface area contributed by atoms with Crippen molar-refractivity contribution in [3.63, 3.8) is 0 Å². The summed E-state index contributed by atoms with van der Waals surface area (Å²) in [6, 6.07) is 5.80. The van der Waals surface area contributed by atoms with Crippen molar-refractivity contribution in [1.29, 1.82) is 0 Å². The number of carboxylic acids is 1. The molecule has 11 nitrogen and oxygen atoms in total. The summed E-state index contributed by atoms with van der Waals surface area (Å²) in [4.78, 5) is 58.0. The second kappa shape index (κ2) is 14.4. The Hall–Kier alpha value is -3.38. The number of benzene rings is 1. The summed E-state index contributed by atoms with van der Waals surface area (Å²) in [6.45, 7) is 0.737. The molecule has 37 heavy (non-hydrogen) atoms. The predicted molar refractivity (Wildman–Crippen MR) is 140 cm³/mol. The lowest BCUT2D eigenvalue weighted by Crippen LogP contribution is -2.58. The minimum atomic E-state index is -1.15. The van der Waals surface area contributed by atoms with E-state index in [1.807, 2.05) is 36.6 Å². The lowest BCUT2D eigenvalue weighted by Gasteiger charge is -2.25. The number of aromatic nitrogens is 2. The highest BCUT2D eigenvalue weighted by atomic mass is 32.2. The lowest BCUT2D eigenvalue weighted by molar-refractivity contribution is -0.142. The van der Waals surface area contributed by atoms with Crippen LogP contribution in [-0.4, -0.2) is 81.5 Å². The first-order valence-corrected chi connectivity index (χ1v) is 13.6. The number of carbonyl (C=O) groups is 4. The van der Waals surface area contributed by atoms with Crippen LogP contribution in [0.1, 0.15) is 30.5 Å². The fraction of sp³-hybridized carbons (Fsp3) is 0.480. The Morgan fingerprint density at radius 2 is 1.76 bits per heavy atom. The Balaban J connectivity index is 1.77. The van der Waals surface area contributed by atoms with E-state index in [4.69, 9.17) is 0 Å². The Bertz CT molecular complexity index is 1030. The molecule has 1 fully saturated rings. The number of thioether (sulfide) groups is 1. The maximum absolute atomic E-state index is 13.5. The maximum atomic E-state index is 13.5. The summed E-state index contributed by atoms with van der Waals surface area (Å²) in [5.41, 5.74) is 1.44. The van der Waals surface area contributed by atoms with Gasteiger partial charge >= 0.3 is 5.97 Å². The van der Waals surface area contributed by atoms with E-state index in [1.165, 1.54) is 24.3 Å². The standard InChI is InChI=1S/C25H34N6O5S/c1-37-11-9-19(25(35)36)29-24(34)21(13-17-14-26-15-28-17)31-23(33)20(12-16-6-3-2-4-7-16)30-22(32)18-8-5-10-27-18/h2-4,6-7,14-15,18-21,27H,5,8-13H2,1H3,(H,26,28)(H,29,34)(H,30,32)(H,31,33)(H,35,36). The van der Waals surface area contributed by atoms with E-state index in [9.17, 15) is 24.3 Å². The van der Waals surface area contributed by atoms with Crippen LogP contribution >= 0.6 is 11.8 Å². The van der Waals surface area contributed by atoms with E-state index in [0.29, 0.717) is 17.9 Å². The van der Waals surface area contributed by atoms with Crippen LogP contribution in [-0.2, 0) is 32.0 Å². The zero-order valence-corrected chi connectivity index (χ0v) is 21.6. The van der Waals surface area contributed by atoms with Crippen LogP contribution in [0.25, 0.3) is 0 Å². The van der Waals surface area contributed by atoms with Crippen LogP contribution in [0.5, 0.6) is 0 Å². The van der Waals surface area contributed by atoms with Gasteiger partial charge in [-0.2, -0.15) is 11.8 Å². The van der Waals surface area contributed by atoms with Gasteiger partial charge < -0.3 is 31.4 Å². The molecule has 6 N–H and O–H groups in total. The number of nitrogens with one attached hydrogen (secondary N) is 5. The van der Waals surface area contributed by atoms with Gasteiger partial charge in [0.15, 0.2) is 0 Å². The van der Waals surface area contributed by atoms with Crippen molar-refractivity contribution in [3.05, 3.63) is 54.1 Å². The first kappa shape index (κ1) is 28.2. The normalized spacial score (nSPS) is 17.4. The van der Waals surface area contributed by atoms with E-state index >= 15 is 0 Å². The average Bonchev–Trinajstić information content (AvgIpc) is 3.61. The maximum Gasteiger partial charge on any atom is 0.326 e. The van der Waals surface area contributed by atoms with E-state index < -0.39 is 35.9 Å². The van der Waals surface area contributed by atoms with Gasteiger partial charge in [-0.3, -0.25) is 14.4 Å². The van der Waals surface area contributed by atoms with E-state index in [2.05, 4.69) is 31.2 Å². The van der Waals surface area contributed by atoms with E-state index in [0.717, 1.165) is 18.5 Å². The highest BCUT2D eigenvalue weighted by Crippen LogP contribution is 2.09. The Morgan fingerprint density at radius 3 is 2.35 bits per heavy atom. The number of H-pyrrole nitrogens is 1. The number of aliphatic carboxylic acids is 1. The Morgan fingerprint density at radius 1 is 1.05 bits per heavy atom. The second-order valence-corrected chi connectivity index (χ2v) is 9.91. The number of carbonyl (C=O) groups excluding carboxylic acids is 3. The summed E-state index contributed by atoms with van der Waals surface area (Å²) < 4.78 is 0. The molecule has 12 heteroatoms. The van der Waals surface area contributed by atoms with E-state index in [1.54, 1.807) is 0 Å². The first-order chi connectivity index (χ1) is 17.9. The van der Waals surface area contributed by atoms with Gasteiger partial charge in [-0.1, -0.05) is 30.3 Å². The van der Waals surface area contributed by atoms with Gasteiger partial charge in [-0.15, -0.1) is 0 Å². The van der Waals surface area contributed by atoms with Gasteiger partial charge in [-0.05, 0) is 43.4 Å². The molecule has 2 aromatic rings. The largest absolute Gasteiger partial charge is 0.480 e. The summed E-state index contributed by atoms with van der Waals surface area (Å²) in [6.07, 6.45) is 6.95. The molecule has 3 rings (SSSR count). The number of imidazole rings is 1. The van der Waals surface area contributed by atoms with Gasteiger partial charge in [0.1, 0.15) is 18.1 Å². The molecule has 0 saturated carbocycles. The van der Waals surface area contributed by atoms with E-state index in [-0.39, 0.29) is 31.2 Å². The van der Waals surface area contributed by atoms with Gasteiger partial charge in [0.2, 0.25) is 17.7 Å².